The summed E-state index contributed by atoms with van der Waals surface area (Å²) in [6.45, 7) is 13.4. The van der Waals surface area contributed by atoms with Crippen LogP contribution >= 0.6 is 0 Å². The number of rotatable bonds is 2. The van der Waals surface area contributed by atoms with E-state index < -0.39 is 0 Å². The van der Waals surface area contributed by atoms with Crippen LogP contribution < -0.4 is 0 Å². The fourth-order valence-corrected chi connectivity index (χ4v) is 1.92. The van der Waals surface area contributed by atoms with E-state index >= 15 is 0 Å². The van der Waals surface area contributed by atoms with Gasteiger partial charge in [0.1, 0.15) is 0 Å². The van der Waals surface area contributed by atoms with E-state index in [9.17, 15) is 0 Å². The third-order valence-corrected chi connectivity index (χ3v) is 3.32. The van der Waals surface area contributed by atoms with Crippen LogP contribution in [0.2, 0.25) is 0 Å². The minimum absolute atomic E-state index is 0. The SMILES string of the molecule is [CH2-]c1ccccc1.[CH2-]c1ccccc1.[CH2-]c1ccccc1/C=C/C=C/C.[U+3]. The van der Waals surface area contributed by atoms with Crippen molar-refractivity contribution in [1.82, 2.24) is 0 Å². The van der Waals surface area contributed by atoms with Crippen molar-refractivity contribution in [3.8, 4) is 0 Å². The molecule has 27 heavy (non-hydrogen) atoms. The molecule has 0 nitrogen and oxygen atoms in total. The molecule has 3 aromatic rings. The normalized spacial score (nSPS) is 9.52. The van der Waals surface area contributed by atoms with Gasteiger partial charge in [0.15, 0.2) is 0 Å². The maximum absolute atomic E-state index is 3.92. The van der Waals surface area contributed by atoms with E-state index in [2.05, 4.69) is 32.9 Å². The second kappa shape index (κ2) is 16.0. The minimum atomic E-state index is 0. The molecule has 0 aliphatic heterocycles. The molecule has 135 valence electrons. The largest absolute Gasteiger partial charge is 3.00 e. The summed E-state index contributed by atoms with van der Waals surface area (Å²) in [6, 6.07) is 27.8. The Hall–Kier alpha value is -2.20. The monoisotopic (exact) mass is 577 g/mol. The van der Waals surface area contributed by atoms with E-state index in [0.717, 1.165) is 16.7 Å². The van der Waals surface area contributed by atoms with Gasteiger partial charge in [0, 0.05) is 0 Å². The summed E-state index contributed by atoms with van der Waals surface area (Å²) in [5, 5.41) is 0. The van der Waals surface area contributed by atoms with Gasteiger partial charge in [-0.15, -0.1) is 48.0 Å². The first-order valence-electron chi connectivity index (χ1n) is 8.58. The van der Waals surface area contributed by atoms with E-state index in [1.54, 1.807) is 0 Å². The van der Waals surface area contributed by atoms with Gasteiger partial charge in [-0.25, -0.2) is 0 Å². The Bertz CT molecular complexity index is 734. The summed E-state index contributed by atoms with van der Waals surface area (Å²) in [6.07, 6.45) is 8.08. The van der Waals surface area contributed by atoms with E-state index in [4.69, 9.17) is 0 Å². The molecule has 0 saturated carbocycles. The van der Waals surface area contributed by atoms with Gasteiger partial charge in [0.2, 0.25) is 0 Å². The molecule has 0 aliphatic carbocycles. The quantitative estimate of drug-likeness (QED) is 0.223. The van der Waals surface area contributed by atoms with Gasteiger partial charge in [0.05, 0.1) is 0 Å². The zero-order valence-corrected chi connectivity index (χ0v) is 20.2. The molecule has 0 spiro atoms. The Kier molecular flexibility index (Phi) is 14.7. The minimum Gasteiger partial charge on any atom is -0.199 e. The molecule has 1 heteroatoms. The standard InChI is InChI=1S/C12H13.2C7H7.U/c1-3-4-5-9-12-10-7-6-8-11(12)2;2*1-7-5-3-2-4-6-7;/h3-10H,2H2,1H3;2*2-6H,1H2;/q3*-1;+3/b4-3+,9-5+;;;. The molecule has 0 aliphatic rings. The van der Waals surface area contributed by atoms with Crippen LogP contribution in [0.5, 0.6) is 0 Å². The van der Waals surface area contributed by atoms with E-state index in [-0.39, 0.29) is 31.1 Å². The topological polar surface area (TPSA) is 0 Å². The van der Waals surface area contributed by atoms with Crippen LogP contribution in [0.4, 0.5) is 0 Å². The van der Waals surface area contributed by atoms with Gasteiger partial charge in [-0.2, -0.15) is 67.8 Å². The Morgan fingerprint density at radius 1 is 0.593 bits per heavy atom. The van der Waals surface area contributed by atoms with Crippen molar-refractivity contribution in [3.05, 3.63) is 146 Å². The molecule has 3 rings (SSSR count). The molecule has 0 bridgehead atoms. The summed E-state index contributed by atoms with van der Waals surface area (Å²) in [7, 11) is 0. The molecule has 0 atom stereocenters. The van der Waals surface area contributed by atoms with E-state index in [1.807, 2.05) is 104 Å². The van der Waals surface area contributed by atoms with Crippen molar-refractivity contribution in [1.29, 1.82) is 0 Å². The second-order valence-corrected chi connectivity index (χ2v) is 5.55. The molecule has 0 N–H and O–H groups in total. The number of hydrogen-bond donors (Lipinski definition) is 0. The van der Waals surface area contributed by atoms with Crippen molar-refractivity contribution in [3.63, 3.8) is 0 Å². The van der Waals surface area contributed by atoms with Crippen molar-refractivity contribution >= 4 is 6.08 Å². The third-order valence-electron chi connectivity index (χ3n) is 3.32. The molecule has 0 saturated heterocycles. The summed E-state index contributed by atoms with van der Waals surface area (Å²) in [4.78, 5) is 0. The predicted molar refractivity (Wildman–Crippen MR) is 117 cm³/mol. The zero-order valence-electron chi connectivity index (χ0n) is 16.0. The van der Waals surface area contributed by atoms with Gasteiger partial charge in [-0.05, 0) is 6.92 Å². The first-order chi connectivity index (χ1) is 12.6. The first kappa shape index (κ1) is 24.8. The van der Waals surface area contributed by atoms with E-state index in [1.165, 1.54) is 5.56 Å². The molecular formula is C26H27U. The summed E-state index contributed by atoms with van der Waals surface area (Å²) in [5.41, 5.74) is 4.39. The number of allylic oxidation sites excluding steroid dienone is 3. The van der Waals surface area contributed by atoms with Gasteiger partial charge < -0.3 is 0 Å². The molecule has 0 amide bonds. The molecular weight excluding hydrogens is 550 g/mol. The Morgan fingerprint density at radius 2 is 1.04 bits per heavy atom. The van der Waals surface area contributed by atoms with Crippen LogP contribution in [0.15, 0.2) is 103 Å². The summed E-state index contributed by atoms with van der Waals surface area (Å²) in [5.74, 6) is 0. The van der Waals surface area contributed by atoms with Crippen molar-refractivity contribution in [2.45, 2.75) is 6.92 Å². The molecule has 1 radical (unpaired) electrons. The molecule has 3 aromatic carbocycles. The Labute approximate surface area is 189 Å². The molecule has 0 aromatic heterocycles. The van der Waals surface area contributed by atoms with E-state index in [0.29, 0.717) is 0 Å². The second-order valence-electron chi connectivity index (χ2n) is 5.55. The average molecular weight is 578 g/mol. The number of benzene rings is 3. The molecule has 0 heterocycles. The van der Waals surface area contributed by atoms with Crippen LogP contribution in [-0.2, 0) is 0 Å². The third kappa shape index (κ3) is 12.7. The van der Waals surface area contributed by atoms with Crippen molar-refractivity contribution in [2.75, 3.05) is 0 Å². The van der Waals surface area contributed by atoms with Crippen LogP contribution in [0.1, 0.15) is 29.2 Å². The zero-order chi connectivity index (χ0) is 19.0. The van der Waals surface area contributed by atoms with Crippen LogP contribution in [0.25, 0.3) is 6.08 Å². The predicted octanol–water partition coefficient (Wildman–Crippen LogP) is 7.20. The number of hydrogen-bond acceptors (Lipinski definition) is 0. The summed E-state index contributed by atoms with van der Waals surface area (Å²) >= 11 is 0. The van der Waals surface area contributed by atoms with Crippen molar-refractivity contribution < 1.29 is 31.1 Å². The van der Waals surface area contributed by atoms with Gasteiger partial charge in [-0.1, -0.05) is 36.4 Å². The molecule has 0 unspecified atom stereocenters. The fraction of sp³-hybridized carbons (Fsp3) is 0.0385. The van der Waals surface area contributed by atoms with Gasteiger partial charge in [-0.3, -0.25) is 0 Å². The van der Waals surface area contributed by atoms with Gasteiger partial charge >= 0.3 is 31.1 Å². The van der Waals surface area contributed by atoms with Gasteiger partial charge in [0.25, 0.3) is 0 Å². The smallest absolute Gasteiger partial charge is 0.199 e. The molecule has 0 fully saturated rings. The average Bonchev–Trinajstić information content (AvgIpc) is 2.66. The first-order valence-corrected chi connectivity index (χ1v) is 8.58. The van der Waals surface area contributed by atoms with Crippen molar-refractivity contribution in [2.24, 2.45) is 0 Å². The Balaban J connectivity index is 0.000000390. The van der Waals surface area contributed by atoms with Crippen LogP contribution in [0, 0.1) is 51.9 Å². The van der Waals surface area contributed by atoms with Crippen LogP contribution in [-0.4, -0.2) is 0 Å². The maximum atomic E-state index is 3.92. The summed E-state index contributed by atoms with van der Waals surface area (Å²) < 4.78 is 0. The fourth-order valence-electron chi connectivity index (χ4n) is 1.92. The Morgan fingerprint density at radius 3 is 1.41 bits per heavy atom. The maximum Gasteiger partial charge on any atom is 3.00 e. The van der Waals surface area contributed by atoms with Crippen LogP contribution in [0.3, 0.4) is 0 Å².